The Hall–Kier alpha value is -1.34. The Morgan fingerprint density at radius 3 is 2.53 bits per heavy atom. The number of fused-ring (bicyclic) bond motifs is 2. The van der Waals surface area contributed by atoms with Crippen LogP contribution in [0.2, 0.25) is 0 Å². The van der Waals surface area contributed by atoms with E-state index in [1.165, 1.54) is 29.3 Å². The van der Waals surface area contributed by atoms with Crippen LogP contribution in [0.4, 0.5) is 0 Å². The molecule has 2 aromatic carbocycles. The molecular weight excluding hydrogens is 206 g/mol. The molecule has 1 saturated heterocycles. The smallest absolute Gasteiger partial charge is 0.0150 e. The second-order valence-corrected chi connectivity index (χ2v) is 5.99. The van der Waals surface area contributed by atoms with Crippen molar-refractivity contribution in [2.75, 3.05) is 13.1 Å². The normalized spacial score (nSPS) is 34.9. The maximum atomic E-state index is 3.55. The van der Waals surface area contributed by atoms with E-state index in [0.29, 0.717) is 10.8 Å². The van der Waals surface area contributed by atoms with Gasteiger partial charge in [0.05, 0.1) is 0 Å². The number of piperidine rings is 1. The minimum absolute atomic E-state index is 0.428. The van der Waals surface area contributed by atoms with Gasteiger partial charge in [0.25, 0.3) is 0 Å². The fourth-order valence-electron chi connectivity index (χ4n) is 3.72. The van der Waals surface area contributed by atoms with Gasteiger partial charge < -0.3 is 5.32 Å². The highest BCUT2D eigenvalue weighted by atomic mass is 15.0. The zero-order chi connectivity index (χ0) is 11.5. The maximum Gasteiger partial charge on any atom is 0.0150 e. The van der Waals surface area contributed by atoms with Crippen molar-refractivity contribution in [1.29, 1.82) is 0 Å². The van der Waals surface area contributed by atoms with Crippen LogP contribution in [0.5, 0.6) is 0 Å². The highest BCUT2D eigenvalue weighted by Crippen LogP contribution is 2.66. The van der Waals surface area contributed by atoms with Crippen LogP contribution in [0.15, 0.2) is 42.5 Å². The van der Waals surface area contributed by atoms with E-state index in [9.17, 15) is 0 Å². The van der Waals surface area contributed by atoms with Crippen LogP contribution < -0.4 is 5.32 Å². The van der Waals surface area contributed by atoms with Crippen molar-refractivity contribution < 1.29 is 0 Å². The van der Waals surface area contributed by atoms with Crippen molar-refractivity contribution >= 4 is 10.8 Å². The van der Waals surface area contributed by atoms with Crippen LogP contribution in [0.25, 0.3) is 10.8 Å². The second kappa shape index (κ2) is 2.91. The van der Waals surface area contributed by atoms with Gasteiger partial charge in [-0.15, -0.1) is 0 Å². The van der Waals surface area contributed by atoms with E-state index >= 15 is 0 Å². The summed E-state index contributed by atoms with van der Waals surface area (Å²) in [5, 5.41) is 6.27. The summed E-state index contributed by atoms with van der Waals surface area (Å²) >= 11 is 0. The van der Waals surface area contributed by atoms with Gasteiger partial charge in [-0.05, 0) is 28.2 Å². The van der Waals surface area contributed by atoms with Gasteiger partial charge >= 0.3 is 0 Å². The van der Waals surface area contributed by atoms with Gasteiger partial charge in [-0.3, -0.25) is 0 Å². The number of benzene rings is 2. The summed E-state index contributed by atoms with van der Waals surface area (Å²) in [5.41, 5.74) is 2.47. The third-order valence-electron chi connectivity index (χ3n) is 4.97. The highest BCUT2D eigenvalue weighted by molar-refractivity contribution is 5.83. The number of hydrogen-bond donors (Lipinski definition) is 1. The minimum Gasteiger partial charge on any atom is -0.315 e. The van der Waals surface area contributed by atoms with Crippen LogP contribution in [0, 0.1) is 5.41 Å². The summed E-state index contributed by atoms with van der Waals surface area (Å²) in [6, 6.07) is 15.7. The molecule has 2 aliphatic rings. The Morgan fingerprint density at radius 2 is 1.82 bits per heavy atom. The molecule has 1 heterocycles. The summed E-state index contributed by atoms with van der Waals surface area (Å²) in [6.45, 7) is 4.75. The Labute approximate surface area is 102 Å². The maximum absolute atomic E-state index is 3.55. The van der Waals surface area contributed by atoms with E-state index in [-0.39, 0.29) is 0 Å². The summed E-state index contributed by atoms with van der Waals surface area (Å²) in [7, 11) is 0. The standard InChI is InChI=1S/C16H17N/c1-15-9-16(15,11-17-10-15)14-7-6-12-4-2-3-5-13(12)8-14/h2-8,17H,9-11H2,1H3/t15?,16-/m0/s1. The molecule has 2 fully saturated rings. The van der Waals surface area contributed by atoms with Crippen molar-refractivity contribution in [3.63, 3.8) is 0 Å². The molecule has 0 spiro atoms. The monoisotopic (exact) mass is 223 g/mol. The van der Waals surface area contributed by atoms with Crippen molar-refractivity contribution in [3.8, 4) is 0 Å². The quantitative estimate of drug-likeness (QED) is 0.783. The van der Waals surface area contributed by atoms with Crippen LogP contribution in [-0.2, 0) is 5.41 Å². The molecule has 1 N–H and O–H groups in total. The first-order valence-electron chi connectivity index (χ1n) is 6.44. The molecule has 0 radical (unpaired) electrons. The molecule has 17 heavy (non-hydrogen) atoms. The molecule has 1 unspecified atom stereocenters. The van der Waals surface area contributed by atoms with Gasteiger partial charge in [0.15, 0.2) is 0 Å². The lowest BCUT2D eigenvalue weighted by atomic mass is 9.88. The molecule has 0 bridgehead atoms. The third-order valence-corrected chi connectivity index (χ3v) is 4.97. The largest absolute Gasteiger partial charge is 0.315 e. The summed E-state index contributed by atoms with van der Waals surface area (Å²) in [6.07, 6.45) is 1.35. The van der Waals surface area contributed by atoms with Crippen molar-refractivity contribution in [2.45, 2.75) is 18.8 Å². The minimum atomic E-state index is 0.428. The predicted molar refractivity (Wildman–Crippen MR) is 71.2 cm³/mol. The molecule has 2 atom stereocenters. The van der Waals surface area contributed by atoms with E-state index in [2.05, 4.69) is 54.7 Å². The van der Waals surface area contributed by atoms with Gasteiger partial charge in [-0.1, -0.05) is 49.4 Å². The van der Waals surface area contributed by atoms with Gasteiger partial charge in [0.1, 0.15) is 0 Å². The Kier molecular flexibility index (Phi) is 1.65. The summed E-state index contributed by atoms with van der Waals surface area (Å²) < 4.78 is 0. The van der Waals surface area contributed by atoms with Crippen molar-refractivity contribution in [1.82, 2.24) is 5.32 Å². The molecular formula is C16H17N. The van der Waals surface area contributed by atoms with E-state index in [0.717, 1.165) is 6.54 Å². The molecule has 1 heteroatoms. The summed E-state index contributed by atoms with van der Waals surface area (Å²) in [4.78, 5) is 0. The molecule has 86 valence electrons. The number of nitrogens with one attached hydrogen (secondary N) is 1. The molecule has 1 aliphatic carbocycles. The van der Waals surface area contributed by atoms with Crippen molar-refractivity contribution in [3.05, 3.63) is 48.0 Å². The Morgan fingerprint density at radius 1 is 1.00 bits per heavy atom. The Bertz CT molecular complexity index is 599. The molecule has 4 rings (SSSR count). The van der Waals surface area contributed by atoms with Crippen LogP contribution in [0.3, 0.4) is 0 Å². The van der Waals surface area contributed by atoms with Gasteiger partial charge in [0, 0.05) is 18.5 Å². The van der Waals surface area contributed by atoms with Crippen LogP contribution in [-0.4, -0.2) is 13.1 Å². The lowest BCUT2D eigenvalue weighted by Crippen LogP contribution is -2.19. The van der Waals surface area contributed by atoms with Crippen LogP contribution in [0.1, 0.15) is 18.9 Å². The summed E-state index contributed by atoms with van der Waals surface area (Å²) in [5.74, 6) is 0. The van der Waals surface area contributed by atoms with E-state index in [1.807, 2.05) is 0 Å². The lowest BCUT2D eigenvalue weighted by Gasteiger charge is -2.15. The number of hydrogen-bond acceptors (Lipinski definition) is 1. The fourth-order valence-corrected chi connectivity index (χ4v) is 3.72. The second-order valence-electron chi connectivity index (χ2n) is 5.99. The SMILES string of the molecule is CC12CNC[C@]1(c1ccc3ccccc3c1)C2. The zero-order valence-electron chi connectivity index (χ0n) is 10.2. The molecule has 0 amide bonds. The van der Waals surface area contributed by atoms with E-state index in [1.54, 1.807) is 0 Å². The van der Waals surface area contributed by atoms with Gasteiger partial charge in [-0.25, -0.2) is 0 Å². The molecule has 1 aliphatic heterocycles. The first kappa shape index (κ1) is 9.67. The highest BCUT2D eigenvalue weighted by Gasteiger charge is 2.67. The van der Waals surface area contributed by atoms with E-state index in [4.69, 9.17) is 0 Å². The average molecular weight is 223 g/mol. The topological polar surface area (TPSA) is 12.0 Å². The zero-order valence-corrected chi connectivity index (χ0v) is 10.2. The molecule has 2 aromatic rings. The van der Waals surface area contributed by atoms with Crippen LogP contribution >= 0.6 is 0 Å². The Balaban J connectivity index is 1.88. The first-order valence-corrected chi connectivity index (χ1v) is 6.44. The third kappa shape index (κ3) is 1.13. The van der Waals surface area contributed by atoms with E-state index < -0.39 is 0 Å². The molecule has 1 saturated carbocycles. The molecule has 0 aromatic heterocycles. The average Bonchev–Trinajstić information content (AvgIpc) is 2.83. The fraction of sp³-hybridized carbons (Fsp3) is 0.375. The first-order chi connectivity index (χ1) is 8.24. The molecule has 1 nitrogen and oxygen atoms in total. The predicted octanol–water partition coefficient (Wildman–Crippen LogP) is 3.09. The lowest BCUT2D eigenvalue weighted by molar-refractivity contribution is 0.554. The van der Waals surface area contributed by atoms with Crippen molar-refractivity contribution in [2.24, 2.45) is 5.41 Å². The number of rotatable bonds is 1. The van der Waals surface area contributed by atoms with Gasteiger partial charge in [-0.2, -0.15) is 0 Å². The van der Waals surface area contributed by atoms with Gasteiger partial charge in [0.2, 0.25) is 0 Å².